The van der Waals surface area contributed by atoms with Crippen molar-refractivity contribution in [3.63, 3.8) is 0 Å². The number of hydrogen-bond donors (Lipinski definition) is 2. The fourth-order valence-corrected chi connectivity index (χ4v) is 9.92. The number of fused-ring (bicyclic) bond motifs is 6. The number of piperazine rings is 1. The van der Waals surface area contributed by atoms with Crippen LogP contribution in [0.15, 0.2) is 60.6 Å². The molecular weight excluding hydrogens is 588 g/mol. The number of rotatable bonds is 2. The molecule has 0 radical (unpaired) electrons. The zero-order valence-corrected chi connectivity index (χ0v) is 24.0. The molecule has 0 aliphatic carbocycles. The van der Waals surface area contributed by atoms with Gasteiger partial charge in [-0.05, 0) is 63.6 Å². The molecule has 4 fully saturated rings. The maximum absolute atomic E-state index is 14.6. The van der Waals surface area contributed by atoms with E-state index < -0.39 is 51.9 Å². The van der Waals surface area contributed by atoms with Gasteiger partial charge in [-0.15, -0.1) is 0 Å². The zero-order chi connectivity index (χ0) is 29.6. The van der Waals surface area contributed by atoms with Crippen molar-refractivity contribution in [3.8, 4) is 23.0 Å². The number of methoxy groups -OCH3 is 2. The van der Waals surface area contributed by atoms with Crippen LogP contribution in [-0.2, 0) is 19.1 Å². The number of aliphatic hydroxyl groups is 2. The maximum Gasteiger partial charge on any atom is 0.338 e. The second kappa shape index (κ2) is 9.33. The topological polar surface area (TPSA) is 144 Å². The summed E-state index contributed by atoms with van der Waals surface area (Å²) in [7, 11) is 6.28. The first-order valence-corrected chi connectivity index (χ1v) is 15.0. The van der Waals surface area contributed by atoms with Gasteiger partial charge in [0.25, 0.3) is 11.8 Å². The highest BCUT2D eigenvalue weighted by atomic mass is 33.1. The van der Waals surface area contributed by atoms with Gasteiger partial charge in [0.05, 0.1) is 32.3 Å². The molecule has 2 N–H and O–H groups in total. The van der Waals surface area contributed by atoms with E-state index in [0.29, 0.717) is 11.5 Å². The van der Waals surface area contributed by atoms with Gasteiger partial charge in [-0.1, -0.05) is 6.07 Å². The van der Waals surface area contributed by atoms with Crippen LogP contribution in [0.3, 0.4) is 0 Å². The molecule has 2 aromatic carbocycles. The van der Waals surface area contributed by atoms with Crippen LogP contribution in [0.4, 0.5) is 0 Å². The van der Waals surface area contributed by atoms with Crippen molar-refractivity contribution in [3.05, 3.63) is 71.7 Å². The van der Waals surface area contributed by atoms with Gasteiger partial charge in [0, 0.05) is 12.6 Å². The molecule has 4 saturated heterocycles. The van der Waals surface area contributed by atoms with Crippen LogP contribution in [0.2, 0.25) is 0 Å². The van der Waals surface area contributed by atoms with Crippen LogP contribution in [0, 0.1) is 0 Å². The van der Waals surface area contributed by atoms with Gasteiger partial charge in [-0.25, -0.2) is 4.79 Å². The lowest BCUT2D eigenvalue weighted by atomic mass is 9.93. The number of amides is 2. The molecule has 218 valence electrons. The van der Waals surface area contributed by atoms with Gasteiger partial charge in [-0.2, -0.15) is 0 Å². The van der Waals surface area contributed by atoms with Crippen LogP contribution in [0.1, 0.15) is 22.0 Å². The molecular formula is C28H24N2O10S2. The van der Waals surface area contributed by atoms with Crippen molar-refractivity contribution in [2.45, 2.75) is 34.1 Å². The second-order valence-electron chi connectivity index (χ2n) is 10.2. The Morgan fingerprint density at radius 3 is 2.33 bits per heavy atom. The summed E-state index contributed by atoms with van der Waals surface area (Å²) in [6.07, 6.45) is -0.204. The fraction of sp³-hybridized carbons (Fsp3) is 0.321. The van der Waals surface area contributed by atoms with Gasteiger partial charge in [-0.3, -0.25) is 9.59 Å². The Morgan fingerprint density at radius 2 is 1.60 bits per heavy atom. The minimum Gasteiger partial charge on any atom is -0.493 e. The number of esters is 1. The number of carbonyl (C=O) groups excluding carboxylic acids is 3. The zero-order valence-electron chi connectivity index (χ0n) is 22.4. The van der Waals surface area contributed by atoms with Gasteiger partial charge in [0.1, 0.15) is 24.4 Å². The van der Waals surface area contributed by atoms with Crippen molar-refractivity contribution in [2.75, 3.05) is 21.3 Å². The molecule has 0 saturated carbocycles. The van der Waals surface area contributed by atoms with E-state index >= 15 is 0 Å². The average molecular weight is 613 g/mol. The van der Waals surface area contributed by atoms with E-state index in [1.54, 1.807) is 18.2 Å². The Labute approximate surface area is 247 Å². The third kappa shape index (κ3) is 3.31. The maximum atomic E-state index is 14.6. The van der Waals surface area contributed by atoms with Gasteiger partial charge < -0.3 is 43.7 Å². The molecule has 6 atom stereocenters. The fourth-order valence-electron chi connectivity index (χ4n) is 6.05. The molecule has 6 unspecified atom stereocenters. The normalized spacial score (nSPS) is 32.6. The molecule has 6 aliphatic rings. The third-order valence-electron chi connectivity index (χ3n) is 8.19. The average Bonchev–Trinajstić information content (AvgIpc) is 3.10. The number of nitrogens with zero attached hydrogens (tertiary/aromatic N) is 2. The summed E-state index contributed by atoms with van der Waals surface area (Å²) in [6, 6.07) is 8.03. The first-order valence-electron chi connectivity index (χ1n) is 12.8. The molecule has 42 heavy (non-hydrogen) atoms. The summed E-state index contributed by atoms with van der Waals surface area (Å²) < 4.78 is 28.5. The molecule has 8 rings (SSSR count). The highest BCUT2D eigenvalue weighted by Gasteiger charge is 2.78. The van der Waals surface area contributed by atoms with Crippen LogP contribution < -0.4 is 14.2 Å². The smallest absolute Gasteiger partial charge is 0.338 e. The van der Waals surface area contributed by atoms with Crippen molar-refractivity contribution in [1.82, 2.24) is 9.80 Å². The minimum absolute atomic E-state index is 0.108. The van der Waals surface area contributed by atoms with Crippen molar-refractivity contribution in [2.24, 2.45) is 0 Å². The van der Waals surface area contributed by atoms with Crippen LogP contribution in [0.25, 0.3) is 0 Å². The lowest BCUT2D eigenvalue weighted by Gasteiger charge is -2.60. The van der Waals surface area contributed by atoms with Gasteiger partial charge in [0.15, 0.2) is 23.0 Å². The summed E-state index contributed by atoms with van der Waals surface area (Å²) in [5, 5.41) is 23.5. The number of ether oxygens (including phenoxy) is 5. The predicted molar refractivity (Wildman–Crippen MR) is 149 cm³/mol. The Balaban J connectivity index is 1.49. The summed E-state index contributed by atoms with van der Waals surface area (Å²) in [5.41, 5.74) is 0.551. The molecule has 2 spiro atoms. The molecule has 6 heterocycles. The number of carbonyl (C=O) groups is 3. The Morgan fingerprint density at radius 1 is 0.905 bits per heavy atom. The molecule has 7 bridgehead atoms. The van der Waals surface area contributed by atoms with Crippen LogP contribution in [-0.4, -0.2) is 87.1 Å². The van der Waals surface area contributed by atoms with E-state index in [4.69, 9.17) is 23.7 Å². The summed E-state index contributed by atoms with van der Waals surface area (Å²) in [6.45, 7) is 0. The summed E-state index contributed by atoms with van der Waals surface area (Å²) in [5.74, 6) is -1.06. The molecule has 14 heteroatoms. The first kappa shape index (κ1) is 27.0. The van der Waals surface area contributed by atoms with Crippen LogP contribution >= 0.6 is 21.6 Å². The molecule has 2 aromatic rings. The highest BCUT2D eigenvalue weighted by molar-refractivity contribution is 8.78. The second-order valence-corrected chi connectivity index (χ2v) is 12.8. The Kier molecular flexibility index (Phi) is 6.00. The standard InChI is InChI=1S/C28H24N2O10S2/c1-29-25(34)28-23(32)15-12-38-9-8-18-21(15)30(28)26(35)27(29,41-42-28)22(31)13-4-6-16(36-2)19(10-13)39-20-11-14(24(33)40-18)5-7-17(20)37-3/h4-12,18,21-23,31-32H,1-3H3. The largest absolute Gasteiger partial charge is 0.493 e. The van der Waals surface area contributed by atoms with Gasteiger partial charge >= 0.3 is 5.97 Å². The number of aliphatic hydroxyl groups excluding tert-OH is 2. The van der Waals surface area contributed by atoms with Crippen molar-refractivity contribution in [1.29, 1.82) is 0 Å². The first-order chi connectivity index (χ1) is 20.2. The predicted octanol–water partition coefficient (Wildman–Crippen LogP) is 2.33. The van der Waals surface area contributed by atoms with E-state index in [2.05, 4.69) is 0 Å². The number of benzene rings is 2. The van der Waals surface area contributed by atoms with E-state index in [1.807, 2.05) is 0 Å². The lowest BCUT2D eigenvalue weighted by molar-refractivity contribution is -0.175. The van der Waals surface area contributed by atoms with Crippen LogP contribution in [0.5, 0.6) is 23.0 Å². The van der Waals surface area contributed by atoms with E-state index in [1.165, 1.54) is 67.9 Å². The minimum atomic E-state index is -1.84. The van der Waals surface area contributed by atoms with E-state index in [0.717, 1.165) is 21.6 Å². The van der Waals surface area contributed by atoms with E-state index in [-0.39, 0.29) is 28.2 Å². The Bertz CT molecular complexity index is 1610. The summed E-state index contributed by atoms with van der Waals surface area (Å²) >= 11 is 0. The monoisotopic (exact) mass is 612 g/mol. The lowest BCUT2D eigenvalue weighted by Crippen LogP contribution is -2.79. The quantitative estimate of drug-likeness (QED) is 0.379. The molecule has 0 aromatic heterocycles. The van der Waals surface area contributed by atoms with Gasteiger partial charge in [0.2, 0.25) is 9.74 Å². The third-order valence-corrected chi connectivity index (χ3v) is 11.8. The SMILES string of the molecule is COc1ccc2cc1Oc1cc(ccc1OC)C(O)C13SSC4(C(=O)N1C)C(O)C1=COC=CC(OC2=O)C1N4C3=O. The van der Waals surface area contributed by atoms with Crippen molar-refractivity contribution < 1.29 is 48.3 Å². The molecule has 6 aliphatic heterocycles. The van der Waals surface area contributed by atoms with E-state index in [9.17, 15) is 24.6 Å². The molecule has 12 nitrogen and oxygen atoms in total. The number of hydrogen-bond acceptors (Lipinski definition) is 12. The highest BCUT2D eigenvalue weighted by Crippen LogP contribution is 2.67. The number of likely N-dealkylation sites (N-methyl/N-ethyl adjacent to an activating group) is 1. The summed E-state index contributed by atoms with van der Waals surface area (Å²) in [4.78, 5) is 41.1. The molecule has 2 amide bonds. The van der Waals surface area contributed by atoms with Crippen molar-refractivity contribution >= 4 is 39.4 Å². The Hall–Kier alpha value is -3.85.